The fourth-order valence-corrected chi connectivity index (χ4v) is 4.09. The topological polar surface area (TPSA) is 29.5 Å². The third kappa shape index (κ3) is 2.28. The van der Waals surface area contributed by atoms with Gasteiger partial charge in [0.25, 0.3) is 0 Å². The van der Waals surface area contributed by atoms with Gasteiger partial charge < -0.3 is 9.84 Å². The molecule has 0 aromatic heterocycles. The van der Waals surface area contributed by atoms with Gasteiger partial charge in [-0.05, 0) is 54.2 Å². The molecule has 0 aliphatic heterocycles. The van der Waals surface area contributed by atoms with Crippen molar-refractivity contribution in [3.05, 3.63) is 29.8 Å². The SMILES string of the molecule is OCC12CCCC(c3ccc(OC(F)(F)F)cc3)(C1)C2. The van der Waals surface area contributed by atoms with Crippen molar-refractivity contribution in [1.82, 2.24) is 0 Å². The second-order valence-corrected chi connectivity index (χ2v) is 6.22. The van der Waals surface area contributed by atoms with Gasteiger partial charge in [0, 0.05) is 6.61 Å². The van der Waals surface area contributed by atoms with Crippen LogP contribution in [0.15, 0.2) is 24.3 Å². The molecule has 3 aliphatic rings. The molecule has 1 N–H and O–H groups in total. The zero-order valence-electron chi connectivity index (χ0n) is 11.0. The number of aliphatic hydroxyl groups excluding tert-OH is 1. The van der Waals surface area contributed by atoms with Crippen molar-refractivity contribution in [3.63, 3.8) is 0 Å². The lowest BCUT2D eigenvalue weighted by atomic mass is 9.44. The van der Waals surface area contributed by atoms with E-state index in [1.807, 2.05) is 0 Å². The molecular formula is C15H17F3O2. The third-order valence-corrected chi connectivity index (χ3v) is 4.82. The van der Waals surface area contributed by atoms with Crippen molar-refractivity contribution in [3.8, 4) is 5.75 Å². The van der Waals surface area contributed by atoms with Crippen LogP contribution in [0.3, 0.4) is 0 Å². The van der Waals surface area contributed by atoms with Crippen LogP contribution in [0.5, 0.6) is 5.75 Å². The molecule has 0 radical (unpaired) electrons. The highest BCUT2D eigenvalue weighted by atomic mass is 19.4. The van der Waals surface area contributed by atoms with Gasteiger partial charge in [0.05, 0.1) is 0 Å². The van der Waals surface area contributed by atoms with Crippen LogP contribution < -0.4 is 4.74 Å². The highest BCUT2D eigenvalue weighted by Gasteiger charge is 2.57. The molecule has 0 amide bonds. The molecule has 0 heterocycles. The van der Waals surface area contributed by atoms with Crippen molar-refractivity contribution in [2.24, 2.45) is 5.41 Å². The van der Waals surface area contributed by atoms with Crippen molar-refractivity contribution in [1.29, 1.82) is 0 Å². The number of hydrogen-bond donors (Lipinski definition) is 1. The minimum absolute atomic E-state index is 0.0533. The Morgan fingerprint density at radius 2 is 1.75 bits per heavy atom. The quantitative estimate of drug-likeness (QED) is 0.916. The van der Waals surface area contributed by atoms with Gasteiger partial charge in [-0.15, -0.1) is 13.2 Å². The Morgan fingerprint density at radius 1 is 1.10 bits per heavy atom. The minimum Gasteiger partial charge on any atom is -0.406 e. The van der Waals surface area contributed by atoms with Crippen LogP contribution in [-0.4, -0.2) is 18.1 Å². The maximum absolute atomic E-state index is 12.1. The maximum atomic E-state index is 12.1. The standard InChI is InChI=1S/C15H17F3O2/c16-15(17,18)20-12-4-2-11(3-5-12)14-7-1-6-13(8-14,9-14)10-19/h2-5,19H,1,6-10H2. The Balaban J connectivity index is 1.76. The van der Waals surface area contributed by atoms with E-state index in [0.717, 1.165) is 37.7 Å². The lowest BCUT2D eigenvalue weighted by Gasteiger charge is -2.60. The zero-order chi connectivity index (χ0) is 14.4. The van der Waals surface area contributed by atoms with Crippen molar-refractivity contribution in [2.75, 3.05) is 6.61 Å². The number of ether oxygens (including phenoxy) is 1. The maximum Gasteiger partial charge on any atom is 0.573 e. The predicted molar refractivity (Wildman–Crippen MR) is 67.4 cm³/mol. The predicted octanol–water partition coefficient (Wildman–Crippen LogP) is 3.78. The molecule has 1 aromatic carbocycles. The number of benzene rings is 1. The first kappa shape index (κ1) is 13.7. The Hall–Kier alpha value is -1.23. The highest BCUT2D eigenvalue weighted by molar-refractivity contribution is 5.36. The molecule has 110 valence electrons. The van der Waals surface area contributed by atoms with Crippen LogP contribution in [-0.2, 0) is 5.41 Å². The number of alkyl halides is 3. The molecule has 1 aromatic rings. The van der Waals surface area contributed by atoms with E-state index >= 15 is 0 Å². The lowest BCUT2D eigenvalue weighted by Crippen LogP contribution is -2.55. The van der Waals surface area contributed by atoms with Crippen LogP contribution in [0.2, 0.25) is 0 Å². The van der Waals surface area contributed by atoms with Crippen molar-refractivity contribution < 1.29 is 23.0 Å². The Kier molecular flexibility index (Phi) is 3.01. The first-order valence-corrected chi connectivity index (χ1v) is 6.84. The van der Waals surface area contributed by atoms with Crippen LogP contribution in [0, 0.1) is 5.41 Å². The van der Waals surface area contributed by atoms with E-state index in [-0.39, 0.29) is 23.2 Å². The van der Waals surface area contributed by atoms with Gasteiger partial charge >= 0.3 is 6.36 Å². The van der Waals surface area contributed by atoms with E-state index in [2.05, 4.69) is 4.74 Å². The lowest BCUT2D eigenvalue weighted by molar-refractivity contribution is -0.274. The van der Waals surface area contributed by atoms with Gasteiger partial charge in [-0.1, -0.05) is 18.6 Å². The minimum atomic E-state index is -4.65. The van der Waals surface area contributed by atoms with Crippen LogP contribution >= 0.6 is 0 Å². The smallest absolute Gasteiger partial charge is 0.406 e. The number of halogens is 3. The summed E-state index contributed by atoms with van der Waals surface area (Å²) in [4.78, 5) is 0. The summed E-state index contributed by atoms with van der Waals surface area (Å²) in [5.74, 6) is -0.179. The molecule has 3 fully saturated rings. The van der Waals surface area contributed by atoms with Gasteiger partial charge in [-0.3, -0.25) is 0 Å². The largest absolute Gasteiger partial charge is 0.573 e. The molecule has 3 saturated carbocycles. The molecule has 2 nitrogen and oxygen atoms in total. The van der Waals surface area contributed by atoms with E-state index in [0.29, 0.717) is 0 Å². The summed E-state index contributed by atoms with van der Waals surface area (Å²) in [7, 11) is 0. The normalized spacial score (nSPS) is 32.6. The Labute approximate surface area is 115 Å². The zero-order valence-corrected chi connectivity index (χ0v) is 11.0. The molecule has 3 aliphatic carbocycles. The first-order chi connectivity index (χ1) is 9.37. The fraction of sp³-hybridized carbons (Fsp3) is 0.600. The van der Waals surface area contributed by atoms with E-state index < -0.39 is 6.36 Å². The van der Waals surface area contributed by atoms with Crippen LogP contribution in [0.25, 0.3) is 0 Å². The number of hydrogen-bond acceptors (Lipinski definition) is 2. The molecule has 4 rings (SSSR count). The number of fused-ring (bicyclic) bond motifs is 2. The summed E-state index contributed by atoms with van der Waals surface area (Å²) >= 11 is 0. The molecule has 0 atom stereocenters. The molecule has 0 unspecified atom stereocenters. The van der Waals surface area contributed by atoms with Gasteiger partial charge in [0.2, 0.25) is 0 Å². The van der Waals surface area contributed by atoms with E-state index in [1.165, 1.54) is 12.1 Å². The monoisotopic (exact) mass is 286 g/mol. The van der Waals surface area contributed by atoms with Gasteiger partial charge in [-0.25, -0.2) is 0 Å². The van der Waals surface area contributed by atoms with Crippen LogP contribution in [0.4, 0.5) is 13.2 Å². The van der Waals surface area contributed by atoms with E-state index in [4.69, 9.17) is 0 Å². The van der Waals surface area contributed by atoms with Gasteiger partial charge in [0.1, 0.15) is 5.75 Å². The third-order valence-electron chi connectivity index (χ3n) is 4.82. The second kappa shape index (κ2) is 4.38. The summed E-state index contributed by atoms with van der Waals surface area (Å²) in [6, 6.07) is 6.22. The summed E-state index contributed by atoms with van der Waals surface area (Å²) in [6.45, 7) is 0.212. The summed E-state index contributed by atoms with van der Waals surface area (Å²) < 4.78 is 40.3. The Morgan fingerprint density at radius 3 is 2.30 bits per heavy atom. The number of aliphatic hydroxyl groups is 1. The van der Waals surface area contributed by atoms with Gasteiger partial charge in [-0.2, -0.15) is 0 Å². The number of rotatable bonds is 3. The van der Waals surface area contributed by atoms with E-state index in [1.54, 1.807) is 12.1 Å². The average molecular weight is 286 g/mol. The molecule has 0 saturated heterocycles. The second-order valence-electron chi connectivity index (χ2n) is 6.22. The average Bonchev–Trinajstić information content (AvgIpc) is 2.37. The molecule has 5 heteroatoms. The molecular weight excluding hydrogens is 269 g/mol. The molecule has 20 heavy (non-hydrogen) atoms. The molecule has 2 bridgehead atoms. The van der Waals surface area contributed by atoms with E-state index in [9.17, 15) is 18.3 Å². The fourth-order valence-electron chi connectivity index (χ4n) is 4.09. The Bertz CT molecular complexity index is 487. The summed E-state index contributed by atoms with van der Waals surface area (Å²) in [5.41, 5.74) is 1.17. The van der Waals surface area contributed by atoms with Crippen molar-refractivity contribution >= 4 is 0 Å². The van der Waals surface area contributed by atoms with Crippen molar-refractivity contribution in [2.45, 2.75) is 43.9 Å². The molecule has 0 spiro atoms. The van der Waals surface area contributed by atoms with Gasteiger partial charge in [0.15, 0.2) is 0 Å². The summed E-state index contributed by atoms with van der Waals surface area (Å²) in [5, 5.41) is 9.48. The summed E-state index contributed by atoms with van der Waals surface area (Å²) in [6.07, 6.45) is 0.412. The van der Waals surface area contributed by atoms with Crippen LogP contribution in [0.1, 0.15) is 37.7 Å². The first-order valence-electron chi connectivity index (χ1n) is 6.84. The highest BCUT2D eigenvalue weighted by Crippen LogP contribution is 2.64.